The molecule has 9 heteroatoms. The molecular formula is C9H15BF4N2O2. The van der Waals surface area contributed by atoms with Crippen LogP contribution in [0.5, 0.6) is 0 Å². The van der Waals surface area contributed by atoms with E-state index in [1.54, 1.807) is 4.57 Å². The van der Waals surface area contributed by atoms with Gasteiger partial charge < -0.3 is 22.0 Å². The van der Waals surface area contributed by atoms with Crippen LogP contribution in [0.4, 0.5) is 17.3 Å². The molecule has 0 atom stereocenters. The van der Waals surface area contributed by atoms with Crippen molar-refractivity contribution in [3.05, 3.63) is 18.7 Å². The lowest BCUT2D eigenvalue weighted by Gasteiger charge is -1.99. The number of halogens is 4. The van der Waals surface area contributed by atoms with Gasteiger partial charge in [-0.05, 0) is 6.42 Å². The van der Waals surface area contributed by atoms with Crippen LogP contribution >= 0.6 is 0 Å². The maximum Gasteiger partial charge on any atom is 0.673 e. The van der Waals surface area contributed by atoms with E-state index in [9.17, 15) is 22.1 Å². The Labute approximate surface area is 102 Å². The quantitative estimate of drug-likeness (QED) is 0.360. The highest BCUT2D eigenvalue weighted by atomic mass is 19.5. The third kappa shape index (κ3) is 11.0. The standard InChI is InChI=1S/C9H15N2O2.BF4/c1-3-6-13-9(12)7-11-5-4-10(2)8-11;2-1(3,4)5/h4-5,8H,3,6-7H2,1-2H3;/q+1;-1. The number of aromatic nitrogens is 2. The van der Waals surface area contributed by atoms with Gasteiger partial charge in [0.15, 0.2) is 6.54 Å². The summed E-state index contributed by atoms with van der Waals surface area (Å²) in [5.41, 5.74) is 0. The molecule has 1 aromatic rings. The number of carbonyl (C=O) groups is 1. The zero-order valence-corrected chi connectivity index (χ0v) is 10.2. The molecular weight excluding hydrogens is 255 g/mol. The zero-order chi connectivity index (χ0) is 14.2. The molecule has 0 unspecified atom stereocenters. The van der Waals surface area contributed by atoms with E-state index in [1.165, 1.54) is 0 Å². The van der Waals surface area contributed by atoms with E-state index in [2.05, 4.69) is 0 Å². The van der Waals surface area contributed by atoms with Crippen molar-refractivity contribution in [3.8, 4) is 0 Å². The van der Waals surface area contributed by atoms with Crippen molar-refractivity contribution in [2.24, 2.45) is 7.05 Å². The predicted octanol–water partition coefficient (Wildman–Crippen LogP) is 1.57. The molecule has 0 radical (unpaired) electrons. The highest BCUT2D eigenvalue weighted by Crippen LogP contribution is 2.06. The van der Waals surface area contributed by atoms with E-state index >= 15 is 0 Å². The molecule has 104 valence electrons. The largest absolute Gasteiger partial charge is 0.673 e. The molecule has 0 N–H and O–H groups in total. The normalized spacial score (nSPS) is 10.6. The minimum absolute atomic E-state index is 0.182. The van der Waals surface area contributed by atoms with Crippen LogP contribution in [0.3, 0.4) is 0 Å². The fourth-order valence-corrected chi connectivity index (χ4v) is 1.01. The van der Waals surface area contributed by atoms with Crippen molar-refractivity contribution in [1.29, 1.82) is 0 Å². The summed E-state index contributed by atoms with van der Waals surface area (Å²) in [7, 11) is -4.09. The first-order chi connectivity index (χ1) is 8.22. The Kier molecular flexibility index (Phi) is 7.07. The van der Waals surface area contributed by atoms with Gasteiger partial charge in [0, 0.05) is 0 Å². The lowest BCUT2D eigenvalue weighted by molar-refractivity contribution is -0.685. The molecule has 0 aliphatic rings. The van der Waals surface area contributed by atoms with Gasteiger partial charge in [0.2, 0.25) is 6.33 Å². The molecule has 0 saturated heterocycles. The van der Waals surface area contributed by atoms with Crippen molar-refractivity contribution < 1.29 is 31.4 Å². The number of rotatable bonds is 4. The predicted molar refractivity (Wildman–Crippen MR) is 57.0 cm³/mol. The van der Waals surface area contributed by atoms with Gasteiger partial charge in [-0.15, -0.1) is 0 Å². The first-order valence-corrected chi connectivity index (χ1v) is 5.26. The van der Waals surface area contributed by atoms with Crippen LogP contribution in [0, 0.1) is 0 Å². The molecule has 0 aromatic carbocycles. The summed E-state index contributed by atoms with van der Waals surface area (Å²) >= 11 is 0. The number of ether oxygens (including phenoxy) is 1. The number of carbonyl (C=O) groups excluding carboxylic acids is 1. The van der Waals surface area contributed by atoms with Crippen LogP contribution in [0.2, 0.25) is 0 Å². The number of esters is 1. The summed E-state index contributed by atoms with van der Waals surface area (Å²) in [6.07, 6.45) is 6.43. The lowest BCUT2D eigenvalue weighted by Crippen LogP contribution is -2.36. The Bertz CT molecular complexity index is 362. The minimum Gasteiger partial charge on any atom is -0.463 e. The maximum absolute atomic E-state index is 11.1. The summed E-state index contributed by atoms with van der Waals surface area (Å²) in [5.74, 6) is -0.182. The summed E-state index contributed by atoms with van der Waals surface area (Å²) in [6.45, 7) is 2.77. The second-order valence-corrected chi connectivity index (χ2v) is 3.47. The van der Waals surface area contributed by atoms with Crippen molar-refractivity contribution in [3.63, 3.8) is 0 Å². The Morgan fingerprint density at radius 2 is 1.94 bits per heavy atom. The Balaban J connectivity index is 0.000000494. The van der Waals surface area contributed by atoms with Gasteiger partial charge >= 0.3 is 13.2 Å². The Morgan fingerprint density at radius 3 is 2.33 bits per heavy atom. The van der Waals surface area contributed by atoms with Crippen LogP contribution in [0.15, 0.2) is 18.7 Å². The molecule has 0 bridgehead atoms. The fraction of sp³-hybridized carbons (Fsp3) is 0.556. The number of hydrogen-bond donors (Lipinski definition) is 0. The molecule has 1 rings (SSSR count). The first kappa shape index (κ1) is 16.5. The van der Waals surface area contributed by atoms with Gasteiger partial charge in [0.1, 0.15) is 12.4 Å². The molecule has 4 nitrogen and oxygen atoms in total. The fourth-order valence-electron chi connectivity index (χ4n) is 1.01. The van der Waals surface area contributed by atoms with Crippen LogP contribution in [0.25, 0.3) is 0 Å². The third-order valence-corrected chi connectivity index (χ3v) is 1.60. The van der Waals surface area contributed by atoms with Gasteiger partial charge in [0.25, 0.3) is 0 Å². The summed E-state index contributed by atoms with van der Waals surface area (Å²) in [6, 6.07) is 0. The Hall–Kier alpha value is -1.54. The van der Waals surface area contributed by atoms with E-state index in [1.807, 2.05) is 37.3 Å². The van der Waals surface area contributed by atoms with E-state index in [0.717, 1.165) is 6.42 Å². The minimum atomic E-state index is -6.00. The Morgan fingerprint density at radius 1 is 1.39 bits per heavy atom. The molecule has 0 aliphatic heterocycles. The van der Waals surface area contributed by atoms with Gasteiger partial charge in [-0.25, -0.2) is 13.9 Å². The van der Waals surface area contributed by atoms with Crippen molar-refractivity contribution in [2.45, 2.75) is 19.9 Å². The average Bonchev–Trinajstić information content (AvgIpc) is 2.58. The highest BCUT2D eigenvalue weighted by Gasteiger charge is 2.20. The van der Waals surface area contributed by atoms with Gasteiger partial charge in [-0.1, -0.05) is 6.92 Å². The third-order valence-electron chi connectivity index (χ3n) is 1.60. The molecule has 1 heterocycles. The topological polar surface area (TPSA) is 35.1 Å². The smallest absolute Gasteiger partial charge is 0.463 e. The van der Waals surface area contributed by atoms with E-state index < -0.39 is 7.25 Å². The second-order valence-electron chi connectivity index (χ2n) is 3.47. The van der Waals surface area contributed by atoms with Gasteiger partial charge in [-0.3, -0.25) is 0 Å². The number of aryl methyl sites for hydroxylation is 1. The monoisotopic (exact) mass is 270 g/mol. The summed E-state index contributed by atoms with van der Waals surface area (Å²) in [5, 5.41) is 0. The van der Waals surface area contributed by atoms with E-state index in [0.29, 0.717) is 13.2 Å². The summed E-state index contributed by atoms with van der Waals surface area (Å²) in [4.78, 5) is 11.1. The van der Waals surface area contributed by atoms with Crippen LogP contribution < -0.4 is 4.57 Å². The van der Waals surface area contributed by atoms with Crippen LogP contribution in [-0.2, 0) is 23.1 Å². The maximum atomic E-state index is 11.1. The number of hydrogen-bond acceptors (Lipinski definition) is 2. The second kappa shape index (κ2) is 7.73. The highest BCUT2D eigenvalue weighted by molar-refractivity contribution is 6.50. The van der Waals surface area contributed by atoms with Crippen molar-refractivity contribution >= 4 is 13.2 Å². The first-order valence-electron chi connectivity index (χ1n) is 5.26. The molecule has 0 fully saturated rings. The average molecular weight is 270 g/mol. The van der Waals surface area contributed by atoms with E-state index in [4.69, 9.17) is 4.74 Å². The SMILES string of the molecule is CCCOC(=O)C[n+]1ccn(C)c1.F[B-](F)(F)F. The van der Waals surface area contributed by atoms with Crippen molar-refractivity contribution in [2.75, 3.05) is 6.61 Å². The molecule has 0 saturated carbocycles. The molecule has 18 heavy (non-hydrogen) atoms. The van der Waals surface area contributed by atoms with Crippen LogP contribution in [0.1, 0.15) is 13.3 Å². The van der Waals surface area contributed by atoms with Crippen LogP contribution in [-0.4, -0.2) is 24.4 Å². The molecule has 0 amide bonds. The molecule has 0 spiro atoms. The molecule has 0 aliphatic carbocycles. The van der Waals surface area contributed by atoms with Gasteiger partial charge in [-0.2, -0.15) is 0 Å². The van der Waals surface area contributed by atoms with Crippen molar-refractivity contribution in [1.82, 2.24) is 4.57 Å². The van der Waals surface area contributed by atoms with E-state index in [-0.39, 0.29) is 5.97 Å². The number of nitrogens with zero attached hydrogens (tertiary/aromatic N) is 2. The summed E-state index contributed by atoms with van der Waals surface area (Å²) < 4.78 is 47.6. The zero-order valence-electron chi connectivity index (χ0n) is 10.2. The number of imidazole rings is 1. The lowest BCUT2D eigenvalue weighted by atomic mass is 10.3. The van der Waals surface area contributed by atoms with Gasteiger partial charge in [0.05, 0.1) is 13.7 Å². The molecule has 1 aromatic heterocycles.